The molecule has 0 radical (unpaired) electrons. The monoisotopic (exact) mass is 281 g/mol. The van der Waals surface area contributed by atoms with E-state index in [1.54, 1.807) is 0 Å². The fourth-order valence-electron chi connectivity index (χ4n) is 1.71. The second kappa shape index (κ2) is 7.15. The van der Waals surface area contributed by atoms with Crippen LogP contribution in [-0.4, -0.2) is 22.5 Å². The Balaban J connectivity index is 2.21. The van der Waals surface area contributed by atoms with Crippen LogP contribution in [0.3, 0.4) is 0 Å². The van der Waals surface area contributed by atoms with Crippen molar-refractivity contribution in [3.8, 4) is 6.07 Å². The van der Waals surface area contributed by atoms with Gasteiger partial charge in [0.1, 0.15) is 11.6 Å². The van der Waals surface area contributed by atoms with Crippen LogP contribution in [0.25, 0.3) is 17.1 Å². The number of carbonyl (C=O) groups excluding carboxylic acids is 1. The summed E-state index contributed by atoms with van der Waals surface area (Å²) in [5.74, 6) is -0.624. The minimum atomic E-state index is -0.624. The van der Waals surface area contributed by atoms with E-state index in [0.29, 0.717) is 17.8 Å². The van der Waals surface area contributed by atoms with Crippen LogP contribution >= 0.6 is 0 Å². The molecule has 0 bridgehead atoms. The normalized spacial score (nSPS) is 11.1. The molecule has 0 aliphatic rings. The molecule has 0 N–H and O–H groups in total. The SMILES string of the molecule is CCCCOC(=O)/C(C#N)=C/c1cnc2ccccc2n1. The molecule has 21 heavy (non-hydrogen) atoms. The fourth-order valence-corrected chi connectivity index (χ4v) is 1.71. The second-order valence-electron chi connectivity index (χ2n) is 4.44. The Hall–Kier alpha value is -2.74. The van der Waals surface area contributed by atoms with Crippen LogP contribution in [0.1, 0.15) is 25.5 Å². The highest BCUT2D eigenvalue weighted by Gasteiger charge is 2.11. The van der Waals surface area contributed by atoms with E-state index in [0.717, 1.165) is 18.4 Å². The number of carbonyl (C=O) groups is 1. The maximum atomic E-state index is 11.8. The Bertz CT molecular complexity index is 717. The number of hydrogen-bond acceptors (Lipinski definition) is 5. The summed E-state index contributed by atoms with van der Waals surface area (Å²) in [5.41, 5.74) is 1.86. The molecule has 1 aromatic carbocycles. The van der Waals surface area contributed by atoms with Gasteiger partial charge in [0, 0.05) is 0 Å². The first kappa shape index (κ1) is 14.7. The number of rotatable bonds is 5. The van der Waals surface area contributed by atoms with Gasteiger partial charge in [0.15, 0.2) is 0 Å². The summed E-state index contributed by atoms with van der Waals surface area (Å²) in [4.78, 5) is 20.3. The van der Waals surface area contributed by atoms with Gasteiger partial charge in [-0.2, -0.15) is 5.26 Å². The lowest BCUT2D eigenvalue weighted by Crippen LogP contribution is -2.08. The zero-order chi connectivity index (χ0) is 15.1. The standard InChI is InChI=1S/C16H15N3O2/c1-2-3-8-21-16(20)12(10-17)9-13-11-18-14-6-4-5-7-15(14)19-13/h4-7,9,11H,2-3,8H2,1H3/b12-9+. The predicted octanol–water partition coefficient (Wildman–Crippen LogP) is 2.88. The molecular weight excluding hydrogens is 266 g/mol. The van der Waals surface area contributed by atoms with E-state index in [1.165, 1.54) is 12.3 Å². The molecule has 2 rings (SSSR count). The van der Waals surface area contributed by atoms with E-state index in [-0.39, 0.29) is 5.57 Å². The summed E-state index contributed by atoms with van der Waals surface area (Å²) in [5, 5.41) is 9.06. The van der Waals surface area contributed by atoms with Crippen molar-refractivity contribution in [2.75, 3.05) is 6.61 Å². The second-order valence-corrected chi connectivity index (χ2v) is 4.44. The highest BCUT2D eigenvalue weighted by atomic mass is 16.5. The van der Waals surface area contributed by atoms with Crippen LogP contribution < -0.4 is 0 Å². The molecule has 5 heteroatoms. The molecule has 0 aliphatic heterocycles. The largest absolute Gasteiger partial charge is 0.462 e. The van der Waals surface area contributed by atoms with Gasteiger partial charge in [-0.1, -0.05) is 25.5 Å². The predicted molar refractivity (Wildman–Crippen MR) is 79.0 cm³/mol. The van der Waals surface area contributed by atoms with E-state index in [1.807, 2.05) is 37.3 Å². The Labute approximate surface area is 122 Å². The zero-order valence-electron chi connectivity index (χ0n) is 11.7. The van der Waals surface area contributed by atoms with E-state index in [2.05, 4.69) is 9.97 Å². The minimum Gasteiger partial charge on any atom is -0.462 e. The van der Waals surface area contributed by atoms with Crippen molar-refractivity contribution in [1.82, 2.24) is 9.97 Å². The molecule has 0 fully saturated rings. The first-order chi connectivity index (χ1) is 10.2. The van der Waals surface area contributed by atoms with Crippen molar-refractivity contribution >= 4 is 23.1 Å². The smallest absolute Gasteiger partial charge is 0.348 e. The van der Waals surface area contributed by atoms with Gasteiger partial charge in [0.25, 0.3) is 0 Å². The number of hydrogen-bond donors (Lipinski definition) is 0. The lowest BCUT2D eigenvalue weighted by atomic mass is 10.2. The minimum absolute atomic E-state index is 0.0734. The van der Waals surface area contributed by atoms with Gasteiger partial charge < -0.3 is 4.74 Å². The number of para-hydroxylation sites is 2. The van der Waals surface area contributed by atoms with Gasteiger partial charge in [0.05, 0.1) is 29.5 Å². The number of unbranched alkanes of at least 4 members (excludes halogenated alkanes) is 1. The molecule has 1 aromatic heterocycles. The number of fused-ring (bicyclic) bond motifs is 1. The van der Waals surface area contributed by atoms with Gasteiger partial charge >= 0.3 is 5.97 Å². The van der Waals surface area contributed by atoms with Crippen molar-refractivity contribution in [2.24, 2.45) is 0 Å². The maximum Gasteiger partial charge on any atom is 0.348 e. The molecule has 0 amide bonds. The lowest BCUT2D eigenvalue weighted by Gasteiger charge is -2.02. The number of nitriles is 1. The summed E-state index contributed by atoms with van der Waals surface area (Å²) in [7, 11) is 0. The molecular formula is C16H15N3O2. The fraction of sp³-hybridized carbons (Fsp3) is 0.250. The molecule has 0 aliphatic carbocycles. The maximum absolute atomic E-state index is 11.8. The van der Waals surface area contributed by atoms with Crippen LogP contribution in [-0.2, 0) is 9.53 Å². The molecule has 0 atom stereocenters. The number of ether oxygens (including phenoxy) is 1. The molecule has 106 valence electrons. The Morgan fingerprint density at radius 3 is 2.86 bits per heavy atom. The molecule has 0 spiro atoms. The van der Waals surface area contributed by atoms with Gasteiger partial charge in [-0.05, 0) is 24.6 Å². The van der Waals surface area contributed by atoms with Gasteiger partial charge in [-0.25, -0.2) is 9.78 Å². The summed E-state index contributed by atoms with van der Waals surface area (Å²) >= 11 is 0. The first-order valence-electron chi connectivity index (χ1n) is 6.75. The van der Waals surface area contributed by atoms with Crippen molar-refractivity contribution in [3.63, 3.8) is 0 Å². The lowest BCUT2D eigenvalue weighted by molar-refractivity contribution is -0.138. The molecule has 5 nitrogen and oxygen atoms in total. The number of nitrogens with zero attached hydrogens (tertiary/aromatic N) is 3. The third kappa shape index (κ3) is 3.86. The third-order valence-electron chi connectivity index (χ3n) is 2.83. The average Bonchev–Trinajstić information content (AvgIpc) is 2.52. The van der Waals surface area contributed by atoms with Crippen molar-refractivity contribution in [2.45, 2.75) is 19.8 Å². The first-order valence-corrected chi connectivity index (χ1v) is 6.75. The highest BCUT2D eigenvalue weighted by molar-refractivity contribution is 5.97. The third-order valence-corrected chi connectivity index (χ3v) is 2.83. The van der Waals surface area contributed by atoms with E-state index >= 15 is 0 Å². The van der Waals surface area contributed by atoms with Crippen molar-refractivity contribution in [3.05, 3.63) is 41.7 Å². The molecule has 0 saturated heterocycles. The van der Waals surface area contributed by atoms with Crippen LogP contribution in [0.2, 0.25) is 0 Å². The molecule has 0 saturated carbocycles. The molecule has 1 heterocycles. The Kier molecular flexibility index (Phi) is 4.99. The van der Waals surface area contributed by atoms with E-state index in [9.17, 15) is 4.79 Å². The van der Waals surface area contributed by atoms with Crippen LogP contribution in [0.15, 0.2) is 36.0 Å². The van der Waals surface area contributed by atoms with Gasteiger partial charge in [-0.15, -0.1) is 0 Å². The molecule has 0 unspecified atom stereocenters. The Morgan fingerprint density at radius 1 is 1.38 bits per heavy atom. The topological polar surface area (TPSA) is 75.9 Å². The van der Waals surface area contributed by atoms with Crippen LogP contribution in [0.5, 0.6) is 0 Å². The summed E-state index contributed by atoms with van der Waals surface area (Å²) in [6.45, 7) is 2.32. The Morgan fingerprint density at radius 2 is 2.14 bits per heavy atom. The molecule has 2 aromatic rings. The van der Waals surface area contributed by atoms with Crippen LogP contribution in [0, 0.1) is 11.3 Å². The average molecular weight is 281 g/mol. The van der Waals surface area contributed by atoms with Crippen molar-refractivity contribution in [1.29, 1.82) is 5.26 Å². The summed E-state index contributed by atoms with van der Waals surface area (Å²) in [6.07, 6.45) is 4.63. The highest BCUT2D eigenvalue weighted by Crippen LogP contribution is 2.11. The van der Waals surface area contributed by atoms with Gasteiger partial charge in [0.2, 0.25) is 0 Å². The zero-order valence-corrected chi connectivity index (χ0v) is 11.7. The number of esters is 1. The van der Waals surface area contributed by atoms with Crippen LogP contribution in [0.4, 0.5) is 0 Å². The van der Waals surface area contributed by atoms with E-state index in [4.69, 9.17) is 10.00 Å². The van der Waals surface area contributed by atoms with Gasteiger partial charge in [-0.3, -0.25) is 4.98 Å². The summed E-state index contributed by atoms with van der Waals surface area (Å²) in [6, 6.07) is 9.25. The van der Waals surface area contributed by atoms with Crippen molar-refractivity contribution < 1.29 is 9.53 Å². The number of aromatic nitrogens is 2. The van der Waals surface area contributed by atoms with E-state index < -0.39 is 5.97 Å². The quantitative estimate of drug-likeness (QED) is 0.364. The number of benzene rings is 1. The summed E-state index contributed by atoms with van der Waals surface area (Å²) < 4.78 is 5.02.